The number of aliphatic carboxylic acids is 1. The number of carbonyl (C=O) groups is 1. The Bertz CT molecular complexity index is 80.5. The van der Waals surface area contributed by atoms with E-state index in [9.17, 15) is 0 Å². The number of hydrogen-bond acceptors (Lipinski definition) is 4. The van der Waals surface area contributed by atoms with Crippen LogP contribution in [0.15, 0.2) is 0 Å². The summed E-state index contributed by atoms with van der Waals surface area (Å²) >= 11 is -3.11. The van der Waals surface area contributed by atoms with E-state index < -0.39 is 17.3 Å². The van der Waals surface area contributed by atoms with Crippen LogP contribution in [0.1, 0.15) is 0 Å². The standard InChI is InChI=1S/C2H3O2.2Na.H2O3S.7H2O/c1-2(3)4;;;1-4(2)3;;;;;;;/h1H2,(H,3,4);;;(H2,1,2,3);7*1H2/q;2*+1;;;;;;;;/p-2. The van der Waals surface area contributed by atoms with Crippen molar-refractivity contribution >= 4 is 17.3 Å². The number of rotatable bonds is 0. The SMILES string of the molecule is O.O.O.O.O.O.O.O=S([O-])[O-].[CH2]C(=O)O.[Na+].[Na+]. The van der Waals surface area contributed by atoms with Gasteiger partial charge in [0.1, 0.15) is 0 Å². The predicted molar refractivity (Wildman–Crippen MR) is 48.0 cm³/mol. The van der Waals surface area contributed by atoms with Crippen molar-refractivity contribution < 1.29 is 121 Å². The van der Waals surface area contributed by atoms with E-state index in [-0.39, 0.29) is 97.4 Å². The topological polar surface area (TPSA) is 321 Å². The van der Waals surface area contributed by atoms with E-state index in [1.165, 1.54) is 0 Å². The molecule has 0 aliphatic carbocycles. The van der Waals surface area contributed by atoms with Crippen LogP contribution in [-0.2, 0) is 16.2 Å². The van der Waals surface area contributed by atoms with Crippen molar-refractivity contribution in [2.24, 2.45) is 0 Å². The molecule has 15 N–H and O–H groups in total. The molecule has 0 saturated carbocycles. The van der Waals surface area contributed by atoms with Gasteiger partial charge in [0.05, 0.1) is 6.92 Å². The minimum Gasteiger partial charge on any atom is -0.784 e. The van der Waals surface area contributed by atoms with Crippen LogP contribution in [-0.4, -0.2) is 62.7 Å². The Balaban J connectivity index is -0.00000000308. The third kappa shape index (κ3) is 2530. The van der Waals surface area contributed by atoms with E-state index in [1.807, 2.05) is 0 Å². The summed E-state index contributed by atoms with van der Waals surface area (Å²) in [4.78, 5) is 8.89. The molecular weight excluding hydrogens is 294 g/mol. The van der Waals surface area contributed by atoms with Crippen LogP contribution in [0.4, 0.5) is 0 Å². The van der Waals surface area contributed by atoms with Crippen molar-refractivity contribution in [1.29, 1.82) is 0 Å². The molecule has 0 atom stereocenters. The van der Waals surface area contributed by atoms with Gasteiger partial charge in [0.2, 0.25) is 0 Å². The molecule has 0 rings (SSSR count). The van der Waals surface area contributed by atoms with Crippen molar-refractivity contribution in [3.8, 4) is 0 Å². The zero-order valence-electron chi connectivity index (χ0n) is 9.20. The first kappa shape index (κ1) is 103. The first-order valence-corrected chi connectivity index (χ1v) is 2.28. The summed E-state index contributed by atoms with van der Waals surface area (Å²) in [5.74, 6) is -1.08. The largest absolute Gasteiger partial charge is 1.00 e. The first-order chi connectivity index (χ1) is 3.46. The molecule has 0 bridgehead atoms. The molecule has 0 aliphatic rings. The second-order valence-electron chi connectivity index (χ2n) is 0.598. The van der Waals surface area contributed by atoms with Crippen molar-refractivity contribution in [3.63, 3.8) is 0 Å². The maximum absolute atomic E-state index is 8.89. The summed E-state index contributed by atoms with van der Waals surface area (Å²) < 4.78 is 25.3. The maximum Gasteiger partial charge on any atom is 1.00 e. The average Bonchev–Trinajstić information content (AvgIpc) is 1.25. The van der Waals surface area contributed by atoms with Gasteiger partial charge in [0.15, 0.2) is 0 Å². The van der Waals surface area contributed by atoms with Gasteiger partial charge in [-0.25, -0.2) is 0 Å². The Kier molecular flexibility index (Phi) is 526. The molecule has 17 heavy (non-hydrogen) atoms. The van der Waals surface area contributed by atoms with Crippen LogP contribution in [0.5, 0.6) is 0 Å². The summed E-state index contributed by atoms with van der Waals surface area (Å²) in [6, 6.07) is 0. The molecular formula is C2H17Na2O12S. The van der Waals surface area contributed by atoms with Gasteiger partial charge >= 0.3 is 65.1 Å². The molecule has 1 radical (unpaired) electrons. The van der Waals surface area contributed by atoms with Crippen molar-refractivity contribution in [1.82, 2.24) is 0 Å². The third-order valence-electron chi connectivity index (χ3n) is 0. The predicted octanol–water partition coefficient (Wildman–Crippen LogP) is -12.9. The Hall–Kier alpha value is 1.26. The van der Waals surface area contributed by atoms with Gasteiger partial charge in [-0.3, -0.25) is 9.00 Å². The van der Waals surface area contributed by atoms with Crippen LogP contribution in [0, 0.1) is 6.92 Å². The van der Waals surface area contributed by atoms with Crippen LogP contribution in [0.3, 0.4) is 0 Å². The number of carboxylic acid groups (broad SMARTS) is 1. The fourth-order valence-corrected chi connectivity index (χ4v) is 0. The minimum absolute atomic E-state index is 0. The van der Waals surface area contributed by atoms with Gasteiger partial charge < -0.3 is 52.5 Å². The summed E-state index contributed by atoms with van der Waals surface area (Å²) in [5.41, 5.74) is 0. The Morgan fingerprint density at radius 3 is 0.882 bits per heavy atom. The Morgan fingerprint density at radius 1 is 0.882 bits per heavy atom. The molecule has 0 heterocycles. The van der Waals surface area contributed by atoms with Crippen LogP contribution in [0.25, 0.3) is 0 Å². The molecule has 0 saturated heterocycles. The van der Waals surface area contributed by atoms with E-state index in [0.29, 0.717) is 0 Å². The molecule has 0 aliphatic heterocycles. The molecule has 105 valence electrons. The second-order valence-corrected chi connectivity index (χ2v) is 1.01. The fourth-order valence-electron chi connectivity index (χ4n) is 0. The van der Waals surface area contributed by atoms with Gasteiger partial charge in [-0.15, -0.1) is 11.4 Å². The van der Waals surface area contributed by atoms with Crippen molar-refractivity contribution in [3.05, 3.63) is 6.92 Å². The van der Waals surface area contributed by atoms with Gasteiger partial charge in [-0.2, -0.15) is 0 Å². The minimum atomic E-state index is -3.11. The quantitative estimate of drug-likeness (QED) is 0.335. The average molecular weight is 311 g/mol. The summed E-state index contributed by atoms with van der Waals surface area (Å²) in [7, 11) is 0. The first-order valence-electron chi connectivity index (χ1n) is 1.28. The fraction of sp³-hybridized carbons (Fsp3) is 0. The molecule has 15 heteroatoms. The van der Waals surface area contributed by atoms with Gasteiger partial charge in [-0.1, -0.05) is 0 Å². The molecule has 0 spiro atoms. The monoisotopic (exact) mass is 311 g/mol. The van der Waals surface area contributed by atoms with Crippen molar-refractivity contribution in [2.45, 2.75) is 0 Å². The Morgan fingerprint density at radius 2 is 0.882 bits per heavy atom. The molecule has 0 unspecified atom stereocenters. The van der Waals surface area contributed by atoms with Crippen LogP contribution in [0.2, 0.25) is 0 Å². The zero-order chi connectivity index (χ0) is 7.15. The van der Waals surface area contributed by atoms with Gasteiger partial charge in [0, 0.05) is 0 Å². The zero-order valence-corrected chi connectivity index (χ0v) is 14.0. The van der Waals surface area contributed by atoms with E-state index in [4.69, 9.17) is 23.2 Å². The molecule has 0 amide bonds. The van der Waals surface area contributed by atoms with E-state index in [0.717, 1.165) is 0 Å². The molecule has 0 fully saturated rings. The normalized spacial score (nSPS) is 3.53. The van der Waals surface area contributed by atoms with Gasteiger partial charge in [0.25, 0.3) is 0 Å². The smallest absolute Gasteiger partial charge is 0.784 e. The van der Waals surface area contributed by atoms with Crippen molar-refractivity contribution in [2.75, 3.05) is 0 Å². The van der Waals surface area contributed by atoms with Crippen LogP contribution < -0.4 is 59.1 Å². The summed E-state index contributed by atoms with van der Waals surface area (Å²) in [5, 5.41) is 7.31. The third-order valence-corrected chi connectivity index (χ3v) is 0. The van der Waals surface area contributed by atoms with E-state index in [1.54, 1.807) is 0 Å². The molecule has 0 aromatic rings. The number of carboxylic acids is 1. The van der Waals surface area contributed by atoms with Crippen LogP contribution >= 0.6 is 0 Å². The van der Waals surface area contributed by atoms with E-state index in [2.05, 4.69) is 6.92 Å². The second kappa shape index (κ2) is 86.6. The maximum atomic E-state index is 8.89. The Labute approximate surface area is 144 Å². The van der Waals surface area contributed by atoms with Gasteiger partial charge in [-0.05, 0) is 0 Å². The van der Waals surface area contributed by atoms with E-state index >= 15 is 0 Å². The molecule has 12 nitrogen and oxygen atoms in total. The molecule has 0 aromatic heterocycles. The summed E-state index contributed by atoms with van der Waals surface area (Å²) in [6.45, 7) is 2.56. The molecule has 0 aromatic carbocycles. The number of hydrogen-bond donors (Lipinski definition) is 1. The summed E-state index contributed by atoms with van der Waals surface area (Å²) in [6.07, 6.45) is 0.